The van der Waals surface area contributed by atoms with Gasteiger partial charge in [-0.25, -0.2) is 4.79 Å². The molecule has 2 rings (SSSR count). The molecule has 1 saturated carbocycles. The maximum Gasteiger partial charge on any atom is 0.331 e. The predicted octanol–water partition coefficient (Wildman–Crippen LogP) is 0.552. The second-order valence-electron chi connectivity index (χ2n) is 9.11. The highest BCUT2D eigenvalue weighted by atomic mass is 16.7. The maximum absolute atomic E-state index is 12.2. The van der Waals surface area contributed by atoms with Gasteiger partial charge in [-0.05, 0) is 57.1 Å². The van der Waals surface area contributed by atoms with Gasteiger partial charge in [0.2, 0.25) is 0 Å². The summed E-state index contributed by atoms with van der Waals surface area (Å²) in [4.78, 5) is 12.2. The van der Waals surface area contributed by atoms with E-state index in [0.29, 0.717) is 12.0 Å². The molecule has 1 aliphatic heterocycles. The molecule has 7 atom stereocenters. The van der Waals surface area contributed by atoms with E-state index in [2.05, 4.69) is 0 Å². The summed E-state index contributed by atoms with van der Waals surface area (Å²) in [6, 6.07) is 0. The van der Waals surface area contributed by atoms with Gasteiger partial charge in [0.25, 0.3) is 0 Å². The Labute approximate surface area is 171 Å². The van der Waals surface area contributed by atoms with Crippen molar-refractivity contribution < 1.29 is 39.8 Å². The van der Waals surface area contributed by atoms with Gasteiger partial charge in [-0.3, -0.25) is 0 Å². The molecular weight excluding hydrogens is 380 g/mol. The van der Waals surface area contributed by atoms with Crippen LogP contribution >= 0.6 is 0 Å². The van der Waals surface area contributed by atoms with Crippen molar-refractivity contribution in [3.05, 3.63) is 23.8 Å². The molecule has 2 fully saturated rings. The van der Waals surface area contributed by atoms with Crippen molar-refractivity contribution in [1.29, 1.82) is 0 Å². The quantitative estimate of drug-likeness (QED) is 0.256. The highest BCUT2D eigenvalue weighted by molar-refractivity contribution is 5.83. The van der Waals surface area contributed by atoms with Crippen LogP contribution in [-0.2, 0) is 14.3 Å². The van der Waals surface area contributed by atoms with Crippen molar-refractivity contribution in [2.45, 2.75) is 95.8 Å². The van der Waals surface area contributed by atoms with E-state index in [9.17, 15) is 30.3 Å². The lowest BCUT2D eigenvalue weighted by Crippen LogP contribution is -2.62. The van der Waals surface area contributed by atoms with Crippen molar-refractivity contribution >= 4 is 5.97 Å². The number of hydrogen-bond donors (Lipinski definition) is 5. The average molecular weight is 414 g/mol. The molecule has 8 heteroatoms. The van der Waals surface area contributed by atoms with Crippen molar-refractivity contribution in [2.75, 3.05) is 0 Å². The molecule has 0 aromatic carbocycles. The number of esters is 1. The van der Waals surface area contributed by atoms with Crippen molar-refractivity contribution in [3.63, 3.8) is 0 Å². The smallest absolute Gasteiger partial charge is 0.331 e. The summed E-state index contributed by atoms with van der Waals surface area (Å²) in [5, 5.41) is 51.7. The van der Waals surface area contributed by atoms with Crippen LogP contribution in [0.3, 0.4) is 0 Å². The zero-order chi connectivity index (χ0) is 22.2. The maximum atomic E-state index is 12.2. The molecule has 0 aromatic rings. The van der Waals surface area contributed by atoms with Gasteiger partial charge >= 0.3 is 5.97 Å². The van der Waals surface area contributed by atoms with Crippen molar-refractivity contribution in [2.24, 2.45) is 5.41 Å². The van der Waals surface area contributed by atoms with E-state index in [-0.39, 0.29) is 0 Å². The molecule has 0 spiro atoms. The van der Waals surface area contributed by atoms with E-state index in [0.717, 1.165) is 18.9 Å². The van der Waals surface area contributed by atoms with Crippen LogP contribution in [0.5, 0.6) is 0 Å². The summed E-state index contributed by atoms with van der Waals surface area (Å²) in [5.41, 5.74) is -2.92. The summed E-state index contributed by atoms with van der Waals surface area (Å²) < 4.78 is 10.1. The molecule has 1 heterocycles. The Kier molecular flexibility index (Phi) is 6.99. The number of allylic oxidation sites excluding steroid dienone is 2. The fourth-order valence-electron chi connectivity index (χ4n) is 4.19. The molecule has 5 N–H and O–H groups in total. The molecule has 0 aromatic heterocycles. The molecule has 1 aliphatic carbocycles. The van der Waals surface area contributed by atoms with Gasteiger partial charge in [-0.15, -0.1) is 0 Å². The number of carbonyl (C=O) groups is 1. The van der Waals surface area contributed by atoms with Gasteiger partial charge in [-0.1, -0.05) is 19.9 Å². The van der Waals surface area contributed by atoms with E-state index in [4.69, 9.17) is 9.47 Å². The molecule has 0 bridgehead atoms. The topological polar surface area (TPSA) is 137 Å². The molecular formula is C21H34O8. The number of rotatable bonds is 4. The molecule has 0 radical (unpaired) electrons. The van der Waals surface area contributed by atoms with Crippen LogP contribution in [0.1, 0.15) is 53.9 Å². The molecule has 1 saturated heterocycles. The fourth-order valence-corrected chi connectivity index (χ4v) is 4.19. The minimum atomic E-state index is -1.56. The third kappa shape index (κ3) is 4.73. The lowest BCUT2D eigenvalue weighted by atomic mass is 9.58. The van der Waals surface area contributed by atoms with Crippen LogP contribution < -0.4 is 0 Å². The van der Waals surface area contributed by atoms with Crippen LogP contribution in [0.25, 0.3) is 0 Å². The van der Waals surface area contributed by atoms with Gasteiger partial charge < -0.3 is 35.0 Å². The summed E-state index contributed by atoms with van der Waals surface area (Å²) in [7, 11) is 0. The second kappa shape index (κ2) is 8.45. The summed E-state index contributed by atoms with van der Waals surface area (Å²) in [5.74, 6) is -0.845. The Balaban J connectivity index is 2.11. The van der Waals surface area contributed by atoms with Crippen LogP contribution in [0, 0.1) is 5.41 Å². The van der Waals surface area contributed by atoms with E-state index >= 15 is 0 Å². The Morgan fingerprint density at radius 2 is 1.72 bits per heavy atom. The molecule has 2 aliphatic rings. The van der Waals surface area contributed by atoms with Gasteiger partial charge in [-0.2, -0.15) is 0 Å². The number of aliphatic hydroxyl groups excluding tert-OH is 3. The molecule has 166 valence electrons. The van der Waals surface area contributed by atoms with Gasteiger partial charge in [0.15, 0.2) is 12.4 Å². The second-order valence-corrected chi connectivity index (χ2v) is 9.11. The molecule has 29 heavy (non-hydrogen) atoms. The summed E-state index contributed by atoms with van der Waals surface area (Å²) in [6.07, 6.45) is -0.403. The predicted molar refractivity (Wildman–Crippen MR) is 105 cm³/mol. The zero-order valence-corrected chi connectivity index (χ0v) is 17.7. The van der Waals surface area contributed by atoms with E-state index in [1.807, 2.05) is 13.8 Å². The number of carbonyl (C=O) groups excluding carboxylic acids is 1. The van der Waals surface area contributed by atoms with Crippen molar-refractivity contribution in [3.8, 4) is 0 Å². The van der Waals surface area contributed by atoms with Crippen LogP contribution in [0.4, 0.5) is 0 Å². The number of aliphatic hydroxyl groups is 5. The molecule has 8 nitrogen and oxygen atoms in total. The lowest BCUT2D eigenvalue weighted by molar-refractivity contribution is -0.281. The Morgan fingerprint density at radius 3 is 2.31 bits per heavy atom. The van der Waals surface area contributed by atoms with Gasteiger partial charge in [0, 0.05) is 6.08 Å². The van der Waals surface area contributed by atoms with E-state index in [1.54, 1.807) is 13.8 Å². The molecule has 7 unspecified atom stereocenters. The SMILES string of the molecule is CC(C=CC1(O)C(C)(C)CCCC1(C)O)=CC(=O)OC1C(O)OC(C)C(O)C1O. The Morgan fingerprint density at radius 1 is 1.10 bits per heavy atom. The van der Waals surface area contributed by atoms with Crippen LogP contribution in [-0.4, -0.2) is 73.4 Å². The summed E-state index contributed by atoms with van der Waals surface area (Å²) in [6.45, 7) is 8.47. The lowest BCUT2D eigenvalue weighted by Gasteiger charge is -2.53. The monoisotopic (exact) mass is 414 g/mol. The van der Waals surface area contributed by atoms with E-state index in [1.165, 1.54) is 19.1 Å². The highest BCUT2D eigenvalue weighted by Gasteiger charge is 2.56. The first-order valence-electron chi connectivity index (χ1n) is 9.94. The van der Waals surface area contributed by atoms with Crippen LogP contribution in [0.2, 0.25) is 0 Å². The first-order chi connectivity index (χ1) is 13.2. The zero-order valence-electron chi connectivity index (χ0n) is 17.7. The standard InChI is InChI=1S/C21H34O8/c1-12(7-10-21(27)19(3,4)8-6-9-20(21,5)26)11-14(22)29-17-16(24)15(23)13(2)28-18(17)25/h7,10-11,13,15-18,23-27H,6,8-9H2,1-5H3. The summed E-state index contributed by atoms with van der Waals surface area (Å²) >= 11 is 0. The largest absolute Gasteiger partial charge is 0.451 e. The van der Waals surface area contributed by atoms with Crippen LogP contribution in [0.15, 0.2) is 23.8 Å². The minimum absolute atomic E-state index is 0.440. The first kappa shape index (κ1) is 24.0. The number of hydrogen-bond acceptors (Lipinski definition) is 8. The average Bonchev–Trinajstić information content (AvgIpc) is 2.59. The molecule has 0 amide bonds. The van der Waals surface area contributed by atoms with Crippen molar-refractivity contribution in [1.82, 2.24) is 0 Å². The normalized spacial score (nSPS) is 43.4. The van der Waals surface area contributed by atoms with E-state index < -0.39 is 53.3 Å². The minimum Gasteiger partial charge on any atom is -0.451 e. The third-order valence-electron chi connectivity index (χ3n) is 6.31. The number of ether oxygens (including phenoxy) is 2. The first-order valence-corrected chi connectivity index (χ1v) is 9.94. The fraction of sp³-hybridized carbons (Fsp3) is 0.762. The Bertz CT molecular complexity index is 650. The highest BCUT2D eigenvalue weighted by Crippen LogP contribution is 2.50. The third-order valence-corrected chi connectivity index (χ3v) is 6.31. The van der Waals surface area contributed by atoms with Gasteiger partial charge in [0.1, 0.15) is 17.8 Å². The Hall–Kier alpha value is -1.29. The van der Waals surface area contributed by atoms with Gasteiger partial charge in [0.05, 0.1) is 11.7 Å².